The van der Waals surface area contributed by atoms with E-state index in [1.807, 2.05) is 0 Å². The van der Waals surface area contributed by atoms with E-state index in [-0.39, 0.29) is 24.2 Å². The Balaban J connectivity index is 2.36. The van der Waals surface area contributed by atoms with Crippen LogP contribution in [0.3, 0.4) is 0 Å². The smallest absolute Gasteiger partial charge is 0.339 e. The molecule has 0 spiro atoms. The molecule has 1 atom stereocenters. The van der Waals surface area contributed by atoms with Gasteiger partial charge in [0, 0.05) is 18.7 Å². The Morgan fingerprint density at radius 2 is 2.05 bits per heavy atom. The van der Waals surface area contributed by atoms with Crippen molar-refractivity contribution in [1.82, 2.24) is 0 Å². The van der Waals surface area contributed by atoms with Gasteiger partial charge in [-0.1, -0.05) is 0 Å². The lowest BCUT2D eigenvalue weighted by Crippen LogP contribution is -2.32. The number of carbonyl (C=O) groups is 2. The Kier molecular flexibility index (Phi) is 3.40. The van der Waals surface area contributed by atoms with Crippen molar-refractivity contribution in [2.24, 2.45) is 5.14 Å². The van der Waals surface area contributed by atoms with Gasteiger partial charge in [0.1, 0.15) is 16.6 Å². The number of carboxylic acid groups (broad SMARTS) is 1. The second-order valence-corrected chi connectivity index (χ2v) is 6.27. The van der Waals surface area contributed by atoms with Crippen molar-refractivity contribution in [3.05, 3.63) is 23.8 Å². The monoisotopic (exact) mass is 300 g/mol. The number of rotatable bonds is 3. The SMILES string of the molecule is NS(=O)(=O)C1CC(=O)N(c2ccc(O)c(C(=O)O)c2)C1. The van der Waals surface area contributed by atoms with Crippen molar-refractivity contribution in [2.75, 3.05) is 11.4 Å². The molecule has 1 heterocycles. The highest BCUT2D eigenvalue weighted by atomic mass is 32.2. The topological polar surface area (TPSA) is 138 Å². The number of benzene rings is 1. The predicted octanol–water partition coefficient (Wildman–Crippen LogP) is -0.516. The highest BCUT2D eigenvalue weighted by Gasteiger charge is 2.37. The van der Waals surface area contributed by atoms with Crippen LogP contribution in [-0.4, -0.2) is 42.3 Å². The van der Waals surface area contributed by atoms with Crippen LogP contribution in [0.5, 0.6) is 5.75 Å². The van der Waals surface area contributed by atoms with Crippen LogP contribution >= 0.6 is 0 Å². The molecule has 1 amide bonds. The number of primary sulfonamides is 1. The number of aromatic carboxylic acids is 1. The number of sulfonamides is 1. The first-order valence-electron chi connectivity index (χ1n) is 5.58. The normalized spacial score (nSPS) is 19.4. The first-order chi connectivity index (χ1) is 9.20. The summed E-state index contributed by atoms with van der Waals surface area (Å²) in [6.07, 6.45) is -0.248. The summed E-state index contributed by atoms with van der Waals surface area (Å²) in [6, 6.07) is 3.59. The van der Waals surface area contributed by atoms with Crippen LogP contribution in [0.15, 0.2) is 18.2 Å². The van der Waals surface area contributed by atoms with E-state index in [9.17, 15) is 23.1 Å². The molecule has 0 radical (unpaired) electrons. The number of carbonyl (C=O) groups excluding carboxylic acids is 1. The highest BCUT2D eigenvalue weighted by molar-refractivity contribution is 7.89. The third-order valence-corrected chi connectivity index (χ3v) is 4.32. The van der Waals surface area contributed by atoms with E-state index in [1.165, 1.54) is 6.07 Å². The average molecular weight is 300 g/mol. The van der Waals surface area contributed by atoms with Crippen molar-refractivity contribution >= 4 is 27.6 Å². The zero-order valence-corrected chi connectivity index (χ0v) is 11.0. The van der Waals surface area contributed by atoms with E-state index >= 15 is 0 Å². The Labute approximate surface area is 114 Å². The van der Waals surface area contributed by atoms with Crippen molar-refractivity contribution in [3.8, 4) is 5.75 Å². The summed E-state index contributed by atoms with van der Waals surface area (Å²) in [5, 5.41) is 22.3. The van der Waals surface area contributed by atoms with Gasteiger partial charge in [-0.05, 0) is 18.2 Å². The van der Waals surface area contributed by atoms with Crippen LogP contribution in [0.1, 0.15) is 16.8 Å². The van der Waals surface area contributed by atoms with E-state index in [4.69, 9.17) is 10.2 Å². The third-order valence-electron chi connectivity index (χ3n) is 3.08. The maximum Gasteiger partial charge on any atom is 0.339 e. The first-order valence-corrected chi connectivity index (χ1v) is 7.19. The number of aromatic hydroxyl groups is 1. The zero-order valence-electron chi connectivity index (χ0n) is 10.2. The number of phenols is 1. The molecule has 9 heteroatoms. The second-order valence-electron chi connectivity index (χ2n) is 4.43. The molecule has 1 saturated heterocycles. The number of hydrogen-bond donors (Lipinski definition) is 3. The van der Waals surface area contributed by atoms with Gasteiger partial charge in [-0.3, -0.25) is 4.79 Å². The fraction of sp³-hybridized carbons (Fsp3) is 0.273. The molecule has 1 fully saturated rings. The van der Waals surface area contributed by atoms with E-state index in [1.54, 1.807) is 0 Å². The number of anilines is 1. The fourth-order valence-corrected chi connectivity index (χ4v) is 2.74. The maximum absolute atomic E-state index is 11.8. The minimum atomic E-state index is -3.84. The third kappa shape index (κ3) is 2.58. The summed E-state index contributed by atoms with van der Waals surface area (Å²) < 4.78 is 22.5. The van der Waals surface area contributed by atoms with E-state index < -0.39 is 32.9 Å². The summed E-state index contributed by atoms with van der Waals surface area (Å²) in [6.45, 7) is -0.137. The summed E-state index contributed by atoms with van der Waals surface area (Å²) in [5.41, 5.74) is -0.161. The zero-order chi connectivity index (χ0) is 15.1. The Morgan fingerprint density at radius 1 is 1.40 bits per heavy atom. The van der Waals surface area contributed by atoms with Gasteiger partial charge in [0.2, 0.25) is 15.9 Å². The van der Waals surface area contributed by atoms with Gasteiger partial charge < -0.3 is 15.1 Å². The molecule has 0 saturated carbocycles. The lowest BCUT2D eigenvalue weighted by molar-refractivity contribution is -0.117. The number of carboxylic acids is 1. The Hall–Kier alpha value is -2.13. The first kappa shape index (κ1) is 14.3. The average Bonchev–Trinajstić information content (AvgIpc) is 2.71. The molecule has 0 aromatic heterocycles. The number of hydrogen-bond acceptors (Lipinski definition) is 5. The molecular weight excluding hydrogens is 288 g/mol. The molecule has 108 valence electrons. The van der Waals surface area contributed by atoms with Crippen LogP contribution in [-0.2, 0) is 14.8 Å². The molecule has 20 heavy (non-hydrogen) atoms. The molecule has 0 aliphatic carbocycles. The van der Waals surface area contributed by atoms with Crippen LogP contribution in [0.25, 0.3) is 0 Å². The largest absolute Gasteiger partial charge is 0.507 e. The molecular formula is C11H12N2O6S. The number of amides is 1. The molecule has 1 aromatic carbocycles. The maximum atomic E-state index is 11.8. The van der Waals surface area contributed by atoms with Crippen LogP contribution < -0.4 is 10.0 Å². The molecule has 0 bridgehead atoms. The molecule has 8 nitrogen and oxygen atoms in total. The minimum Gasteiger partial charge on any atom is -0.507 e. The van der Waals surface area contributed by atoms with Crippen LogP contribution in [0.2, 0.25) is 0 Å². The quantitative estimate of drug-likeness (QED) is 0.687. The lowest BCUT2D eigenvalue weighted by atomic mass is 10.1. The summed E-state index contributed by atoms with van der Waals surface area (Å²) in [7, 11) is -3.84. The fourth-order valence-electron chi connectivity index (χ4n) is 2.01. The van der Waals surface area contributed by atoms with E-state index in [0.29, 0.717) is 0 Å². The van der Waals surface area contributed by atoms with Crippen LogP contribution in [0.4, 0.5) is 5.69 Å². The van der Waals surface area contributed by atoms with Gasteiger partial charge in [-0.15, -0.1) is 0 Å². The Morgan fingerprint density at radius 3 is 2.55 bits per heavy atom. The van der Waals surface area contributed by atoms with Crippen LogP contribution in [0, 0.1) is 0 Å². The molecule has 1 aliphatic rings. The Bertz CT molecular complexity index is 684. The van der Waals surface area contributed by atoms with Gasteiger partial charge in [0.15, 0.2) is 0 Å². The van der Waals surface area contributed by atoms with Crippen molar-refractivity contribution in [3.63, 3.8) is 0 Å². The minimum absolute atomic E-state index is 0.137. The molecule has 2 rings (SSSR count). The predicted molar refractivity (Wildman–Crippen MR) is 68.9 cm³/mol. The standard InChI is InChI=1S/C11H12N2O6S/c12-20(18,19)7-4-10(15)13(5-7)6-1-2-9(14)8(3-6)11(16)17/h1-3,7,14H,4-5H2,(H,16,17)(H2,12,18,19). The van der Waals surface area contributed by atoms with Gasteiger partial charge in [0.05, 0.1) is 0 Å². The van der Waals surface area contributed by atoms with E-state index in [2.05, 4.69) is 0 Å². The molecule has 1 aliphatic heterocycles. The van der Waals surface area contributed by atoms with Crippen molar-refractivity contribution < 1.29 is 28.2 Å². The van der Waals surface area contributed by atoms with Crippen molar-refractivity contribution in [2.45, 2.75) is 11.7 Å². The lowest BCUT2D eigenvalue weighted by Gasteiger charge is -2.17. The van der Waals surface area contributed by atoms with Gasteiger partial charge in [-0.2, -0.15) is 0 Å². The van der Waals surface area contributed by atoms with Gasteiger partial charge >= 0.3 is 5.97 Å². The number of nitrogens with zero attached hydrogens (tertiary/aromatic N) is 1. The van der Waals surface area contributed by atoms with Gasteiger partial charge in [-0.25, -0.2) is 18.4 Å². The molecule has 1 unspecified atom stereocenters. The number of nitrogens with two attached hydrogens (primary N) is 1. The van der Waals surface area contributed by atoms with Crippen molar-refractivity contribution in [1.29, 1.82) is 0 Å². The van der Waals surface area contributed by atoms with E-state index in [0.717, 1.165) is 17.0 Å². The molecule has 1 aromatic rings. The second kappa shape index (κ2) is 4.76. The van der Waals surface area contributed by atoms with Gasteiger partial charge in [0.25, 0.3) is 0 Å². The molecule has 4 N–H and O–H groups in total. The summed E-state index contributed by atoms with van der Waals surface area (Å²) >= 11 is 0. The highest BCUT2D eigenvalue weighted by Crippen LogP contribution is 2.28. The summed E-state index contributed by atoms with van der Waals surface area (Å²) in [5.74, 6) is -2.25. The summed E-state index contributed by atoms with van der Waals surface area (Å²) in [4.78, 5) is 23.8.